The molecule has 0 aromatic carbocycles. The van der Waals surface area contributed by atoms with Gasteiger partial charge in [0.05, 0.1) is 5.60 Å². The first kappa shape index (κ1) is 15.0. The molecule has 0 aliphatic heterocycles. The van der Waals surface area contributed by atoms with Gasteiger partial charge in [-0.3, -0.25) is 0 Å². The molecule has 0 heterocycles. The van der Waals surface area contributed by atoms with Crippen LogP contribution >= 0.6 is 0 Å². The Balaban J connectivity index is 0.000000980. The molecule has 2 aliphatic carbocycles. The summed E-state index contributed by atoms with van der Waals surface area (Å²) in [5, 5.41) is 10.0. The molecule has 2 saturated carbocycles. The second-order valence-corrected chi connectivity index (χ2v) is 5.87. The van der Waals surface area contributed by atoms with Gasteiger partial charge in [0, 0.05) is 0 Å². The summed E-state index contributed by atoms with van der Waals surface area (Å²) in [7, 11) is 0. The second kappa shape index (κ2) is 4.45. The largest absolute Gasteiger partial charge is 0.390 e. The molecule has 2 bridgehead atoms. The van der Waals surface area contributed by atoms with Crippen molar-refractivity contribution in [2.24, 2.45) is 29.6 Å². The molecule has 2 rings (SSSR count). The second-order valence-electron chi connectivity index (χ2n) is 5.87. The highest BCUT2D eigenvalue weighted by Gasteiger charge is 2.52. The summed E-state index contributed by atoms with van der Waals surface area (Å²) in [6, 6.07) is 0. The van der Waals surface area contributed by atoms with Gasteiger partial charge in [0.2, 0.25) is 0 Å². The molecule has 0 aromatic heterocycles. The first-order chi connectivity index (χ1) is 5.91. The first-order valence-corrected chi connectivity index (χ1v) is 5.63. The van der Waals surface area contributed by atoms with E-state index >= 15 is 0 Å². The third kappa shape index (κ3) is 2.22. The number of rotatable bonds is 1. The first-order valence-electron chi connectivity index (χ1n) is 5.63. The van der Waals surface area contributed by atoms with E-state index in [1.807, 2.05) is 13.8 Å². The number of hydrogen-bond donors (Lipinski definition) is 1. The van der Waals surface area contributed by atoms with Crippen molar-refractivity contribution in [1.82, 2.24) is 0 Å². The van der Waals surface area contributed by atoms with E-state index in [1.54, 1.807) is 0 Å². The van der Waals surface area contributed by atoms with Gasteiger partial charge in [0.1, 0.15) is 0 Å². The number of fused-ring (bicyclic) bond motifs is 2. The summed E-state index contributed by atoms with van der Waals surface area (Å²) in [5.74, 6) is 3.97. The third-order valence-corrected chi connectivity index (χ3v) is 4.80. The predicted molar refractivity (Wildman–Crippen MR) is 67.8 cm³/mol. The van der Waals surface area contributed by atoms with Crippen LogP contribution in [0.25, 0.3) is 0 Å². The normalized spacial score (nSPS) is 43.4. The van der Waals surface area contributed by atoms with Crippen molar-refractivity contribution < 1.29 is 5.11 Å². The molecule has 92 valence electrons. The Labute approximate surface area is 96.3 Å². The van der Waals surface area contributed by atoms with E-state index < -0.39 is 5.60 Å². The van der Waals surface area contributed by atoms with Gasteiger partial charge in [-0.1, -0.05) is 28.7 Å². The lowest BCUT2D eigenvalue weighted by atomic mass is 9.70. The molecule has 5 unspecified atom stereocenters. The molecule has 2 fully saturated rings. The lowest BCUT2D eigenvalue weighted by Gasteiger charge is -2.38. The molecule has 2 aliphatic rings. The number of hydrogen-bond acceptors (Lipinski definition) is 1. The fourth-order valence-corrected chi connectivity index (χ4v) is 3.75. The zero-order valence-corrected chi connectivity index (χ0v) is 9.25. The lowest BCUT2D eigenvalue weighted by Crippen LogP contribution is -2.38. The van der Waals surface area contributed by atoms with Crippen LogP contribution in [0.3, 0.4) is 0 Å². The standard InChI is InChI=1S/C12H22O.2CH4/c1-7-8(2)10-5-9(7)6-11(10)12(3,4)13;;/h7-11,13H,5-6H2,1-4H3;2*1H4. The summed E-state index contributed by atoms with van der Waals surface area (Å²) in [6.45, 7) is 8.72. The van der Waals surface area contributed by atoms with E-state index in [0.29, 0.717) is 5.92 Å². The average molecular weight is 214 g/mol. The molecule has 0 saturated heterocycles. The highest BCUT2D eigenvalue weighted by molar-refractivity contribution is 5.01. The Morgan fingerprint density at radius 1 is 1.00 bits per heavy atom. The topological polar surface area (TPSA) is 20.2 Å². The Kier molecular flexibility index (Phi) is 4.44. The monoisotopic (exact) mass is 214 g/mol. The molecule has 0 spiro atoms. The zero-order valence-electron chi connectivity index (χ0n) is 9.25. The van der Waals surface area contributed by atoms with Crippen LogP contribution in [-0.4, -0.2) is 10.7 Å². The van der Waals surface area contributed by atoms with E-state index in [1.165, 1.54) is 12.8 Å². The van der Waals surface area contributed by atoms with Crippen molar-refractivity contribution in [1.29, 1.82) is 0 Å². The van der Waals surface area contributed by atoms with Gasteiger partial charge >= 0.3 is 0 Å². The maximum absolute atomic E-state index is 10.0. The highest BCUT2D eigenvalue weighted by Crippen LogP contribution is 2.57. The molecule has 1 nitrogen and oxygen atoms in total. The zero-order chi connectivity index (χ0) is 9.80. The molecular weight excluding hydrogens is 184 g/mol. The average Bonchev–Trinajstić information content (AvgIpc) is 2.51. The molecule has 0 radical (unpaired) electrons. The molecule has 1 heteroatoms. The minimum Gasteiger partial charge on any atom is -0.390 e. The van der Waals surface area contributed by atoms with Crippen LogP contribution in [0.1, 0.15) is 55.4 Å². The minimum atomic E-state index is -0.451. The quantitative estimate of drug-likeness (QED) is 0.700. The van der Waals surface area contributed by atoms with Crippen molar-refractivity contribution in [3.8, 4) is 0 Å². The molecule has 1 N–H and O–H groups in total. The van der Waals surface area contributed by atoms with Crippen molar-refractivity contribution in [3.63, 3.8) is 0 Å². The van der Waals surface area contributed by atoms with Gasteiger partial charge in [-0.15, -0.1) is 0 Å². The van der Waals surface area contributed by atoms with Crippen molar-refractivity contribution in [3.05, 3.63) is 0 Å². The fourth-order valence-electron chi connectivity index (χ4n) is 3.75. The van der Waals surface area contributed by atoms with Crippen LogP contribution < -0.4 is 0 Å². The Morgan fingerprint density at radius 2 is 1.53 bits per heavy atom. The molecule has 0 aromatic rings. The summed E-state index contributed by atoms with van der Waals surface area (Å²) in [6.07, 6.45) is 2.64. The smallest absolute Gasteiger partial charge is 0.0622 e. The Bertz CT molecular complexity index is 202. The third-order valence-electron chi connectivity index (χ3n) is 4.80. The van der Waals surface area contributed by atoms with Gasteiger partial charge in [0.25, 0.3) is 0 Å². The maximum Gasteiger partial charge on any atom is 0.0622 e. The van der Waals surface area contributed by atoms with Crippen molar-refractivity contribution in [2.45, 2.75) is 61.0 Å². The van der Waals surface area contributed by atoms with Crippen LogP contribution in [0.5, 0.6) is 0 Å². The van der Waals surface area contributed by atoms with Crippen molar-refractivity contribution in [2.75, 3.05) is 0 Å². The summed E-state index contributed by atoms with van der Waals surface area (Å²) < 4.78 is 0. The Morgan fingerprint density at radius 3 is 1.87 bits per heavy atom. The van der Waals surface area contributed by atoms with Crippen LogP contribution in [0.2, 0.25) is 0 Å². The van der Waals surface area contributed by atoms with E-state index in [4.69, 9.17) is 0 Å². The van der Waals surface area contributed by atoms with Crippen LogP contribution in [0, 0.1) is 29.6 Å². The van der Waals surface area contributed by atoms with E-state index in [2.05, 4.69) is 13.8 Å². The SMILES string of the molecule is C.C.CC1C2CC(C1C)C(C(C)(C)O)C2. The van der Waals surface area contributed by atoms with Crippen molar-refractivity contribution >= 4 is 0 Å². The lowest BCUT2D eigenvalue weighted by molar-refractivity contribution is -0.0262. The Hall–Kier alpha value is -0.0400. The van der Waals surface area contributed by atoms with E-state index in [-0.39, 0.29) is 14.9 Å². The van der Waals surface area contributed by atoms with Gasteiger partial charge in [0.15, 0.2) is 0 Å². The van der Waals surface area contributed by atoms with Crippen LogP contribution in [0.15, 0.2) is 0 Å². The maximum atomic E-state index is 10.0. The summed E-state index contributed by atoms with van der Waals surface area (Å²) in [5.41, 5.74) is -0.451. The van der Waals surface area contributed by atoms with E-state index in [0.717, 1.165) is 23.7 Å². The van der Waals surface area contributed by atoms with Gasteiger partial charge in [-0.05, 0) is 56.3 Å². The fraction of sp³-hybridized carbons (Fsp3) is 1.00. The van der Waals surface area contributed by atoms with E-state index in [9.17, 15) is 5.11 Å². The molecular formula is C14H30O. The molecule has 15 heavy (non-hydrogen) atoms. The van der Waals surface area contributed by atoms with Crippen LogP contribution in [-0.2, 0) is 0 Å². The molecule has 0 amide bonds. The predicted octanol–water partition coefficient (Wildman–Crippen LogP) is 3.96. The van der Waals surface area contributed by atoms with Gasteiger partial charge in [-0.25, -0.2) is 0 Å². The summed E-state index contributed by atoms with van der Waals surface area (Å²) >= 11 is 0. The van der Waals surface area contributed by atoms with Gasteiger partial charge in [-0.2, -0.15) is 0 Å². The number of aliphatic hydroxyl groups is 1. The summed E-state index contributed by atoms with van der Waals surface area (Å²) in [4.78, 5) is 0. The molecule has 5 atom stereocenters. The van der Waals surface area contributed by atoms with Gasteiger partial charge < -0.3 is 5.11 Å². The highest BCUT2D eigenvalue weighted by atomic mass is 16.3. The minimum absolute atomic E-state index is 0. The van der Waals surface area contributed by atoms with Crippen LogP contribution in [0.4, 0.5) is 0 Å².